The molecule has 0 aliphatic carbocycles. The number of carbonyl (C=O) groups is 1. The van der Waals surface area contributed by atoms with Gasteiger partial charge in [-0.15, -0.1) is 0 Å². The number of amides is 1. The molecule has 132 valence electrons. The SMILES string of the molecule is COc1cc(/C=C/C(=O)Nc2cc(C)cc(C)c2)ccc1OC(F)F. The molecule has 0 aromatic heterocycles. The molecule has 0 unspecified atom stereocenters. The molecule has 0 radical (unpaired) electrons. The zero-order chi connectivity index (χ0) is 18.4. The van der Waals surface area contributed by atoms with Gasteiger partial charge in [-0.25, -0.2) is 0 Å². The smallest absolute Gasteiger partial charge is 0.387 e. The minimum atomic E-state index is -2.93. The molecule has 2 aromatic carbocycles. The van der Waals surface area contributed by atoms with Crippen LogP contribution in [-0.2, 0) is 4.79 Å². The fraction of sp³-hybridized carbons (Fsp3) is 0.211. The molecule has 0 saturated heterocycles. The average Bonchev–Trinajstić information content (AvgIpc) is 2.52. The number of hydrogen-bond acceptors (Lipinski definition) is 3. The number of methoxy groups -OCH3 is 1. The van der Waals surface area contributed by atoms with Crippen molar-refractivity contribution in [2.75, 3.05) is 12.4 Å². The Morgan fingerprint density at radius 1 is 1.08 bits per heavy atom. The van der Waals surface area contributed by atoms with E-state index in [1.807, 2.05) is 32.0 Å². The van der Waals surface area contributed by atoms with Crippen LogP contribution in [0, 0.1) is 13.8 Å². The van der Waals surface area contributed by atoms with Crippen molar-refractivity contribution in [3.63, 3.8) is 0 Å². The molecule has 1 N–H and O–H groups in total. The molecule has 1 amide bonds. The number of alkyl halides is 2. The van der Waals surface area contributed by atoms with E-state index in [1.165, 1.54) is 25.3 Å². The van der Waals surface area contributed by atoms with Gasteiger partial charge < -0.3 is 14.8 Å². The molecular formula is C19H19F2NO3. The summed E-state index contributed by atoms with van der Waals surface area (Å²) in [5.74, 6) is -0.191. The van der Waals surface area contributed by atoms with Crippen LogP contribution in [0.15, 0.2) is 42.5 Å². The van der Waals surface area contributed by atoms with Gasteiger partial charge in [-0.2, -0.15) is 8.78 Å². The highest BCUT2D eigenvalue weighted by atomic mass is 19.3. The van der Waals surface area contributed by atoms with Crippen LogP contribution in [-0.4, -0.2) is 19.6 Å². The van der Waals surface area contributed by atoms with E-state index in [2.05, 4.69) is 10.1 Å². The van der Waals surface area contributed by atoms with Crippen molar-refractivity contribution in [3.05, 3.63) is 59.2 Å². The highest BCUT2D eigenvalue weighted by Gasteiger charge is 2.10. The topological polar surface area (TPSA) is 47.6 Å². The molecule has 0 heterocycles. The summed E-state index contributed by atoms with van der Waals surface area (Å²) < 4.78 is 34.0. The fourth-order valence-electron chi connectivity index (χ4n) is 2.38. The molecule has 0 aliphatic heterocycles. The van der Waals surface area contributed by atoms with Crippen molar-refractivity contribution in [1.82, 2.24) is 0 Å². The maximum atomic E-state index is 12.3. The van der Waals surface area contributed by atoms with E-state index in [4.69, 9.17) is 4.74 Å². The van der Waals surface area contributed by atoms with Crippen LogP contribution in [0.1, 0.15) is 16.7 Å². The molecule has 0 aliphatic rings. The van der Waals surface area contributed by atoms with E-state index in [9.17, 15) is 13.6 Å². The van der Waals surface area contributed by atoms with Gasteiger partial charge in [-0.1, -0.05) is 12.1 Å². The number of benzene rings is 2. The summed E-state index contributed by atoms with van der Waals surface area (Å²) in [5.41, 5.74) is 3.44. The second kappa shape index (κ2) is 8.28. The Balaban J connectivity index is 2.08. The van der Waals surface area contributed by atoms with E-state index in [0.29, 0.717) is 11.3 Å². The van der Waals surface area contributed by atoms with Crippen molar-refractivity contribution in [2.24, 2.45) is 0 Å². The molecule has 2 aromatic rings. The van der Waals surface area contributed by atoms with Crippen molar-refractivity contribution < 1.29 is 23.0 Å². The maximum absolute atomic E-state index is 12.3. The van der Waals surface area contributed by atoms with Gasteiger partial charge in [0.2, 0.25) is 5.91 Å². The lowest BCUT2D eigenvalue weighted by atomic mass is 10.1. The first-order chi connectivity index (χ1) is 11.9. The molecule has 0 spiro atoms. The Labute approximate surface area is 145 Å². The number of aryl methyl sites for hydroxylation is 2. The van der Waals surface area contributed by atoms with E-state index < -0.39 is 6.61 Å². The first-order valence-electron chi connectivity index (χ1n) is 7.57. The number of carbonyl (C=O) groups excluding carboxylic acids is 1. The molecular weight excluding hydrogens is 328 g/mol. The summed E-state index contributed by atoms with van der Waals surface area (Å²) in [5, 5.41) is 2.78. The van der Waals surface area contributed by atoms with E-state index in [0.717, 1.165) is 11.1 Å². The molecule has 0 atom stereocenters. The van der Waals surface area contributed by atoms with Gasteiger partial charge in [0.05, 0.1) is 7.11 Å². The lowest BCUT2D eigenvalue weighted by Crippen LogP contribution is -2.08. The lowest BCUT2D eigenvalue weighted by molar-refractivity contribution is -0.111. The second-order valence-corrected chi connectivity index (χ2v) is 5.49. The molecule has 0 fully saturated rings. The normalized spacial score (nSPS) is 11.0. The van der Waals surface area contributed by atoms with Crippen molar-refractivity contribution in [2.45, 2.75) is 20.5 Å². The van der Waals surface area contributed by atoms with Crippen LogP contribution in [0.5, 0.6) is 11.5 Å². The quantitative estimate of drug-likeness (QED) is 0.779. The first kappa shape index (κ1) is 18.4. The van der Waals surface area contributed by atoms with Crippen LogP contribution < -0.4 is 14.8 Å². The molecule has 0 bridgehead atoms. The molecule has 2 rings (SSSR count). The molecule has 25 heavy (non-hydrogen) atoms. The largest absolute Gasteiger partial charge is 0.493 e. The lowest BCUT2D eigenvalue weighted by Gasteiger charge is -2.10. The molecule has 4 nitrogen and oxygen atoms in total. The summed E-state index contributed by atoms with van der Waals surface area (Å²) in [4.78, 5) is 12.0. The third-order valence-electron chi connectivity index (χ3n) is 3.32. The Morgan fingerprint density at radius 2 is 1.76 bits per heavy atom. The van der Waals surface area contributed by atoms with Gasteiger partial charge in [0.1, 0.15) is 0 Å². The summed E-state index contributed by atoms with van der Waals surface area (Å²) in [7, 11) is 1.36. The predicted octanol–water partition coefficient (Wildman–Crippen LogP) is 4.57. The fourth-order valence-corrected chi connectivity index (χ4v) is 2.38. The Hall–Kier alpha value is -2.89. The number of nitrogens with one attached hydrogen (secondary N) is 1. The predicted molar refractivity (Wildman–Crippen MR) is 93.2 cm³/mol. The van der Waals surface area contributed by atoms with Gasteiger partial charge in [-0.05, 0) is 60.9 Å². The highest BCUT2D eigenvalue weighted by Crippen LogP contribution is 2.29. The number of hydrogen-bond donors (Lipinski definition) is 1. The number of rotatable bonds is 6. The van der Waals surface area contributed by atoms with Gasteiger partial charge >= 0.3 is 6.61 Å². The van der Waals surface area contributed by atoms with Crippen LogP contribution in [0.25, 0.3) is 6.08 Å². The van der Waals surface area contributed by atoms with Gasteiger partial charge in [0.15, 0.2) is 11.5 Å². The number of halogens is 2. The third-order valence-corrected chi connectivity index (χ3v) is 3.32. The van der Waals surface area contributed by atoms with Gasteiger partial charge in [0.25, 0.3) is 0 Å². The van der Waals surface area contributed by atoms with Crippen LogP contribution in [0.2, 0.25) is 0 Å². The maximum Gasteiger partial charge on any atom is 0.387 e. The highest BCUT2D eigenvalue weighted by molar-refractivity contribution is 6.02. The van der Waals surface area contributed by atoms with Crippen molar-refractivity contribution in [1.29, 1.82) is 0 Å². The Kier molecular flexibility index (Phi) is 6.11. The van der Waals surface area contributed by atoms with Crippen LogP contribution >= 0.6 is 0 Å². The minimum absolute atomic E-state index is 0.0608. The van der Waals surface area contributed by atoms with E-state index in [-0.39, 0.29) is 17.4 Å². The van der Waals surface area contributed by atoms with Gasteiger partial charge in [-0.3, -0.25) is 4.79 Å². The van der Waals surface area contributed by atoms with Gasteiger partial charge in [0, 0.05) is 11.8 Å². The monoisotopic (exact) mass is 347 g/mol. The second-order valence-electron chi connectivity index (χ2n) is 5.49. The third kappa shape index (κ3) is 5.60. The molecule has 6 heteroatoms. The van der Waals surface area contributed by atoms with E-state index >= 15 is 0 Å². The summed E-state index contributed by atoms with van der Waals surface area (Å²) in [6, 6.07) is 10.2. The Bertz CT molecular complexity index is 768. The summed E-state index contributed by atoms with van der Waals surface area (Å²) in [6.45, 7) is 0.973. The molecule has 0 saturated carbocycles. The Morgan fingerprint density at radius 3 is 2.36 bits per heavy atom. The van der Waals surface area contributed by atoms with Crippen LogP contribution in [0.3, 0.4) is 0 Å². The number of ether oxygens (including phenoxy) is 2. The zero-order valence-corrected chi connectivity index (χ0v) is 14.2. The van der Waals surface area contributed by atoms with Crippen molar-refractivity contribution >= 4 is 17.7 Å². The number of anilines is 1. The van der Waals surface area contributed by atoms with Crippen molar-refractivity contribution in [3.8, 4) is 11.5 Å². The average molecular weight is 347 g/mol. The zero-order valence-electron chi connectivity index (χ0n) is 14.2. The standard InChI is InChI=1S/C19H19F2NO3/c1-12-8-13(2)10-15(9-12)22-18(23)7-5-14-4-6-16(25-19(20)21)17(11-14)24-3/h4-11,19H,1-3H3,(H,22,23)/b7-5+. The minimum Gasteiger partial charge on any atom is -0.493 e. The van der Waals surface area contributed by atoms with Crippen LogP contribution in [0.4, 0.5) is 14.5 Å². The summed E-state index contributed by atoms with van der Waals surface area (Å²) in [6.07, 6.45) is 2.92. The summed E-state index contributed by atoms with van der Waals surface area (Å²) >= 11 is 0. The first-order valence-corrected chi connectivity index (χ1v) is 7.57. The van der Waals surface area contributed by atoms with E-state index in [1.54, 1.807) is 12.1 Å².